The molecule has 3 rings (SSSR count). The predicted molar refractivity (Wildman–Crippen MR) is 103 cm³/mol. The van der Waals surface area contributed by atoms with Gasteiger partial charge in [0.25, 0.3) is 0 Å². The number of benzene rings is 1. The second-order valence-corrected chi connectivity index (χ2v) is 5.95. The molecule has 0 saturated carbocycles. The number of hydrogen-bond acceptors (Lipinski definition) is 3. The number of aliphatic imine (C=N–C) groups is 1. The third-order valence-corrected chi connectivity index (χ3v) is 4.10. The van der Waals surface area contributed by atoms with Gasteiger partial charge in [-0.15, -0.1) is 0 Å². The van der Waals surface area contributed by atoms with Crippen LogP contribution in [0, 0.1) is 0 Å². The highest BCUT2D eigenvalue weighted by molar-refractivity contribution is 5.79. The smallest absolute Gasteiger partial charge is 0.191 e. The second-order valence-electron chi connectivity index (χ2n) is 5.95. The van der Waals surface area contributed by atoms with E-state index in [4.69, 9.17) is 0 Å². The van der Waals surface area contributed by atoms with E-state index in [0.717, 1.165) is 38.6 Å². The average molecular weight is 351 g/mol. The fourth-order valence-corrected chi connectivity index (χ4v) is 2.73. The fourth-order valence-electron chi connectivity index (χ4n) is 2.73. The van der Waals surface area contributed by atoms with Gasteiger partial charge in [0.15, 0.2) is 5.96 Å². The van der Waals surface area contributed by atoms with Crippen molar-refractivity contribution in [2.75, 3.05) is 13.6 Å². The average Bonchev–Trinajstić information content (AvgIpc) is 3.36. The van der Waals surface area contributed by atoms with E-state index in [0.29, 0.717) is 0 Å². The van der Waals surface area contributed by atoms with Gasteiger partial charge in [-0.3, -0.25) is 14.4 Å². The van der Waals surface area contributed by atoms with E-state index in [9.17, 15) is 0 Å². The molecule has 7 heteroatoms. The molecule has 26 heavy (non-hydrogen) atoms. The maximum absolute atomic E-state index is 4.30. The summed E-state index contributed by atoms with van der Waals surface area (Å²) in [6.07, 6.45) is 8.54. The van der Waals surface area contributed by atoms with Gasteiger partial charge in [0, 0.05) is 51.5 Å². The first-order chi connectivity index (χ1) is 12.8. The van der Waals surface area contributed by atoms with Gasteiger partial charge in [-0.05, 0) is 29.7 Å². The first kappa shape index (κ1) is 17.7. The van der Waals surface area contributed by atoms with Gasteiger partial charge < -0.3 is 10.6 Å². The second kappa shape index (κ2) is 9.41. The third kappa shape index (κ3) is 5.20. The molecular weight excluding hydrogens is 326 g/mol. The molecule has 0 atom stereocenters. The highest BCUT2D eigenvalue weighted by atomic mass is 15.3. The molecule has 0 saturated heterocycles. The van der Waals surface area contributed by atoms with Crippen molar-refractivity contribution in [2.24, 2.45) is 4.99 Å². The minimum Gasteiger partial charge on any atom is -0.356 e. The Kier molecular flexibility index (Phi) is 6.41. The molecule has 0 aliphatic heterocycles. The van der Waals surface area contributed by atoms with Crippen LogP contribution in [0.4, 0.5) is 0 Å². The van der Waals surface area contributed by atoms with Gasteiger partial charge in [0.2, 0.25) is 0 Å². The van der Waals surface area contributed by atoms with Gasteiger partial charge in [-0.25, -0.2) is 0 Å². The Morgan fingerprint density at radius 1 is 0.962 bits per heavy atom. The van der Waals surface area contributed by atoms with Crippen molar-refractivity contribution in [1.29, 1.82) is 0 Å². The summed E-state index contributed by atoms with van der Waals surface area (Å²) in [6, 6.07) is 12.3. The topological polar surface area (TPSA) is 72.1 Å². The Labute approximate surface area is 153 Å². The lowest BCUT2D eigenvalue weighted by molar-refractivity contribution is 0.570. The zero-order chi connectivity index (χ0) is 18.0. The Morgan fingerprint density at radius 2 is 1.69 bits per heavy atom. The molecule has 3 aromatic rings. The summed E-state index contributed by atoms with van der Waals surface area (Å²) >= 11 is 0. The molecule has 0 aliphatic carbocycles. The van der Waals surface area contributed by atoms with Crippen LogP contribution in [0.5, 0.6) is 0 Å². The Hall–Kier alpha value is -3.09. The zero-order valence-corrected chi connectivity index (χ0v) is 15.0. The summed E-state index contributed by atoms with van der Waals surface area (Å²) in [4.78, 5) is 4.30. The molecule has 1 aromatic carbocycles. The summed E-state index contributed by atoms with van der Waals surface area (Å²) in [5, 5.41) is 15.2. The quantitative estimate of drug-likeness (QED) is 0.369. The van der Waals surface area contributed by atoms with Crippen molar-refractivity contribution in [3.05, 3.63) is 72.3 Å². The highest BCUT2D eigenvalue weighted by Gasteiger charge is 2.04. The standard InChI is InChI=1S/C19H25N7/c1-20-19(21-9-4-12-25-13-5-10-23-25)22-15-17-7-2-3-8-18(17)16-26-14-6-11-24-26/h2-3,5-8,10-11,13-14H,4,9,12,15-16H2,1H3,(H2,20,21,22). The van der Waals surface area contributed by atoms with Gasteiger partial charge in [0.1, 0.15) is 0 Å². The van der Waals surface area contributed by atoms with Gasteiger partial charge >= 0.3 is 0 Å². The minimum absolute atomic E-state index is 0.719. The molecule has 0 aliphatic rings. The molecular formula is C19H25N7. The van der Waals surface area contributed by atoms with E-state index in [-0.39, 0.29) is 0 Å². The van der Waals surface area contributed by atoms with Crippen LogP contribution in [-0.2, 0) is 19.6 Å². The molecule has 0 amide bonds. The van der Waals surface area contributed by atoms with Crippen LogP contribution in [0.15, 0.2) is 66.2 Å². The summed E-state index contributed by atoms with van der Waals surface area (Å²) in [6.45, 7) is 3.22. The van der Waals surface area contributed by atoms with Crippen LogP contribution in [0.3, 0.4) is 0 Å². The fraction of sp³-hybridized carbons (Fsp3) is 0.316. The highest BCUT2D eigenvalue weighted by Crippen LogP contribution is 2.10. The van der Waals surface area contributed by atoms with Crippen LogP contribution in [0.2, 0.25) is 0 Å². The first-order valence-corrected chi connectivity index (χ1v) is 8.81. The SMILES string of the molecule is CN=C(NCCCn1cccn1)NCc1ccccc1Cn1cccn1. The molecule has 7 nitrogen and oxygen atoms in total. The van der Waals surface area contributed by atoms with Crippen molar-refractivity contribution < 1.29 is 0 Å². The molecule has 0 fully saturated rings. The first-order valence-electron chi connectivity index (χ1n) is 8.81. The van der Waals surface area contributed by atoms with Crippen LogP contribution >= 0.6 is 0 Å². The number of guanidine groups is 1. The van der Waals surface area contributed by atoms with E-state index < -0.39 is 0 Å². The number of aryl methyl sites for hydroxylation is 1. The van der Waals surface area contributed by atoms with Crippen LogP contribution in [0.25, 0.3) is 0 Å². The maximum Gasteiger partial charge on any atom is 0.191 e. The predicted octanol–water partition coefficient (Wildman–Crippen LogP) is 1.88. The van der Waals surface area contributed by atoms with Crippen LogP contribution in [0.1, 0.15) is 17.5 Å². The summed E-state index contributed by atoms with van der Waals surface area (Å²) in [5.41, 5.74) is 2.49. The maximum atomic E-state index is 4.30. The molecule has 2 N–H and O–H groups in total. The van der Waals surface area contributed by atoms with E-state index in [1.54, 1.807) is 19.4 Å². The summed E-state index contributed by atoms with van der Waals surface area (Å²) < 4.78 is 3.87. The molecule has 2 aromatic heterocycles. The molecule has 0 radical (unpaired) electrons. The Balaban J connectivity index is 1.47. The number of aromatic nitrogens is 4. The van der Waals surface area contributed by atoms with Crippen LogP contribution in [-0.4, -0.2) is 39.1 Å². The monoisotopic (exact) mass is 351 g/mol. The van der Waals surface area contributed by atoms with Crippen LogP contribution < -0.4 is 10.6 Å². The lowest BCUT2D eigenvalue weighted by Crippen LogP contribution is -2.37. The minimum atomic E-state index is 0.719. The van der Waals surface area contributed by atoms with Crippen molar-refractivity contribution in [3.63, 3.8) is 0 Å². The molecule has 0 spiro atoms. The van der Waals surface area contributed by atoms with E-state index >= 15 is 0 Å². The van der Waals surface area contributed by atoms with Crippen molar-refractivity contribution >= 4 is 5.96 Å². The third-order valence-electron chi connectivity index (χ3n) is 4.10. The Bertz CT molecular complexity index is 791. The number of hydrogen-bond donors (Lipinski definition) is 2. The number of nitrogens with one attached hydrogen (secondary N) is 2. The molecule has 0 unspecified atom stereocenters. The Morgan fingerprint density at radius 3 is 2.38 bits per heavy atom. The zero-order valence-electron chi connectivity index (χ0n) is 15.0. The number of nitrogens with zero attached hydrogens (tertiary/aromatic N) is 5. The van der Waals surface area contributed by atoms with E-state index in [1.807, 2.05) is 33.9 Å². The molecule has 0 bridgehead atoms. The van der Waals surface area contributed by atoms with Gasteiger partial charge in [-0.2, -0.15) is 10.2 Å². The lowest BCUT2D eigenvalue weighted by Gasteiger charge is -2.14. The molecule has 136 valence electrons. The van der Waals surface area contributed by atoms with Crippen molar-refractivity contribution in [2.45, 2.75) is 26.1 Å². The summed E-state index contributed by atoms with van der Waals surface area (Å²) in [7, 11) is 1.79. The normalized spacial score (nSPS) is 11.5. The van der Waals surface area contributed by atoms with Gasteiger partial charge in [-0.1, -0.05) is 24.3 Å². The largest absolute Gasteiger partial charge is 0.356 e. The molecule has 2 heterocycles. The summed E-state index contributed by atoms with van der Waals surface area (Å²) in [5.74, 6) is 0.805. The number of rotatable bonds is 8. The van der Waals surface area contributed by atoms with Gasteiger partial charge in [0.05, 0.1) is 6.54 Å². The van der Waals surface area contributed by atoms with Crippen molar-refractivity contribution in [1.82, 2.24) is 30.2 Å². The van der Waals surface area contributed by atoms with Crippen molar-refractivity contribution in [3.8, 4) is 0 Å². The van der Waals surface area contributed by atoms with E-state index in [2.05, 4.69) is 50.1 Å². The van der Waals surface area contributed by atoms with E-state index in [1.165, 1.54) is 11.1 Å². The lowest BCUT2D eigenvalue weighted by atomic mass is 10.1.